The van der Waals surface area contributed by atoms with Crippen molar-refractivity contribution >= 4 is 17.5 Å². The van der Waals surface area contributed by atoms with Crippen LogP contribution >= 0.6 is 0 Å². The first kappa shape index (κ1) is 14.0. The molecule has 0 fully saturated rings. The molecule has 5 heteroatoms. The fraction of sp³-hybridized carbons (Fsp3) is 0.267. The van der Waals surface area contributed by atoms with E-state index in [0.717, 1.165) is 5.69 Å². The fourth-order valence-electron chi connectivity index (χ4n) is 1.70. The van der Waals surface area contributed by atoms with E-state index in [9.17, 15) is 4.79 Å². The Hall–Kier alpha value is -2.43. The molecule has 0 unspecified atom stereocenters. The summed E-state index contributed by atoms with van der Waals surface area (Å²) in [5.41, 5.74) is 2.17. The summed E-state index contributed by atoms with van der Waals surface area (Å²) in [6.45, 7) is 6.47. The molecule has 20 heavy (non-hydrogen) atoms. The molecular weight excluding hydrogens is 254 g/mol. The number of carboxylic acid groups (broad SMARTS) is 1. The number of nitrogens with zero attached hydrogens (tertiary/aromatic N) is 2. The minimum Gasteiger partial charge on any atom is -0.476 e. The van der Waals surface area contributed by atoms with E-state index in [0.29, 0.717) is 5.82 Å². The fourth-order valence-corrected chi connectivity index (χ4v) is 1.70. The maximum atomic E-state index is 10.7. The van der Waals surface area contributed by atoms with Gasteiger partial charge in [0.15, 0.2) is 5.69 Å². The molecule has 2 aromatic rings. The number of nitrogens with one attached hydrogen (secondary N) is 1. The normalized spacial score (nSPS) is 11.2. The van der Waals surface area contributed by atoms with E-state index in [4.69, 9.17) is 5.11 Å². The second kappa shape index (κ2) is 5.28. The van der Waals surface area contributed by atoms with Gasteiger partial charge in [-0.1, -0.05) is 32.9 Å². The van der Waals surface area contributed by atoms with Gasteiger partial charge in [-0.25, -0.2) is 14.8 Å². The van der Waals surface area contributed by atoms with Crippen LogP contribution < -0.4 is 5.32 Å². The predicted molar refractivity (Wildman–Crippen MR) is 77.4 cm³/mol. The van der Waals surface area contributed by atoms with E-state index in [-0.39, 0.29) is 11.1 Å². The number of rotatable bonds is 3. The van der Waals surface area contributed by atoms with Gasteiger partial charge in [0, 0.05) is 5.69 Å². The van der Waals surface area contributed by atoms with Gasteiger partial charge in [-0.05, 0) is 23.1 Å². The number of hydrogen-bond donors (Lipinski definition) is 2. The first-order valence-corrected chi connectivity index (χ1v) is 6.29. The Labute approximate surface area is 117 Å². The number of benzene rings is 1. The van der Waals surface area contributed by atoms with Gasteiger partial charge < -0.3 is 10.4 Å². The Morgan fingerprint density at radius 1 is 1.10 bits per heavy atom. The summed E-state index contributed by atoms with van der Waals surface area (Å²) in [4.78, 5) is 18.5. The lowest BCUT2D eigenvalue weighted by Crippen LogP contribution is -2.10. The van der Waals surface area contributed by atoms with Crippen molar-refractivity contribution in [3.8, 4) is 0 Å². The molecule has 1 heterocycles. The van der Waals surface area contributed by atoms with Crippen molar-refractivity contribution in [2.24, 2.45) is 0 Å². The molecule has 0 saturated carbocycles. The molecule has 104 valence electrons. The third-order valence-electron chi connectivity index (χ3n) is 2.89. The topological polar surface area (TPSA) is 75.1 Å². The minimum atomic E-state index is -1.08. The Morgan fingerprint density at radius 2 is 1.75 bits per heavy atom. The third-order valence-corrected chi connectivity index (χ3v) is 2.89. The third kappa shape index (κ3) is 3.32. The summed E-state index contributed by atoms with van der Waals surface area (Å²) in [5, 5.41) is 11.8. The molecule has 5 nitrogen and oxygen atoms in total. The highest BCUT2D eigenvalue weighted by molar-refractivity contribution is 5.85. The number of hydrogen-bond acceptors (Lipinski definition) is 4. The zero-order valence-corrected chi connectivity index (χ0v) is 11.7. The van der Waals surface area contributed by atoms with E-state index in [1.165, 1.54) is 18.0 Å². The van der Waals surface area contributed by atoms with Crippen molar-refractivity contribution < 1.29 is 9.90 Å². The minimum absolute atomic E-state index is 0.0707. The highest BCUT2D eigenvalue weighted by Gasteiger charge is 2.12. The van der Waals surface area contributed by atoms with Crippen LogP contribution in [-0.2, 0) is 5.41 Å². The summed E-state index contributed by atoms with van der Waals surface area (Å²) in [6, 6.07) is 8.05. The van der Waals surface area contributed by atoms with Gasteiger partial charge in [-0.15, -0.1) is 0 Å². The van der Waals surface area contributed by atoms with Gasteiger partial charge in [0.2, 0.25) is 0 Å². The first-order chi connectivity index (χ1) is 9.36. The van der Waals surface area contributed by atoms with Gasteiger partial charge >= 0.3 is 5.97 Å². The average molecular weight is 271 g/mol. The quantitative estimate of drug-likeness (QED) is 0.896. The molecule has 0 atom stereocenters. The monoisotopic (exact) mass is 271 g/mol. The van der Waals surface area contributed by atoms with Crippen molar-refractivity contribution in [1.29, 1.82) is 0 Å². The highest BCUT2D eigenvalue weighted by Crippen LogP contribution is 2.24. The Bertz CT molecular complexity index is 599. The SMILES string of the molecule is CC(C)(C)c1ccc(Nc2cnc(C(=O)O)cn2)cc1. The lowest BCUT2D eigenvalue weighted by molar-refractivity contribution is 0.0690. The summed E-state index contributed by atoms with van der Waals surface area (Å²) in [6.07, 6.45) is 2.63. The Balaban J connectivity index is 2.12. The van der Waals surface area contributed by atoms with Crippen LogP contribution in [0.2, 0.25) is 0 Å². The standard InChI is InChI=1S/C15H17N3O2/c1-15(2,3)10-4-6-11(7-5-10)18-13-9-16-12(8-17-13)14(19)20/h4-9H,1-3H3,(H,17,18)(H,19,20). The molecule has 0 spiro atoms. The van der Waals surface area contributed by atoms with Gasteiger partial charge in [0.05, 0.1) is 12.4 Å². The summed E-state index contributed by atoms with van der Waals surface area (Å²) < 4.78 is 0. The van der Waals surface area contributed by atoms with E-state index < -0.39 is 5.97 Å². The van der Waals surface area contributed by atoms with Crippen molar-refractivity contribution in [3.63, 3.8) is 0 Å². The van der Waals surface area contributed by atoms with Crippen molar-refractivity contribution in [1.82, 2.24) is 9.97 Å². The van der Waals surface area contributed by atoms with E-state index in [1.54, 1.807) is 0 Å². The van der Waals surface area contributed by atoms with Crippen molar-refractivity contribution in [2.75, 3.05) is 5.32 Å². The lowest BCUT2D eigenvalue weighted by Gasteiger charge is -2.19. The maximum absolute atomic E-state index is 10.7. The van der Waals surface area contributed by atoms with Crippen LogP contribution in [0.4, 0.5) is 11.5 Å². The molecule has 0 saturated heterocycles. The van der Waals surface area contributed by atoms with Crippen LogP contribution in [0.3, 0.4) is 0 Å². The molecule has 0 aliphatic heterocycles. The largest absolute Gasteiger partial charge is 0.476 e. The number of aromatic nitrogens is 2. The molecule has 0 bridgehead atoms. The van der Waals surface area contributed by atoms with E-state index in [1.807, 2.05) is 12.1 Å². The zero-order chi connectivity index (χ0) is 14.8. The molecule has 2 rings (SSSR count). The molecule has 0 aliphatic carbocycles. The summed E-state index contributed by atoms with van der Waals surface area (Å²) in [5.74, 6) is -0.572. The van der Waals surface area contributed by atoms with E-state index >= 15 is 0 Å². The molecule has 2 N–H and O–H groups in total. The average Bonchev–Trinajstić information content (AvgIpc) is 2.39. The van der Waals surface area contributed by atoms with Gasteiger partial charge in [-0.3, -0.25) is 0 Å². The summed E-state index contributed by atoms with van der Waals surface area (Å²) in [7, 11) is 0. The molecule has 0 radical (unpaired) electrons. The molecule has 1 aromatic heterocycles. The maximum Gasteiger partial charge on any atom is 0.356 e. The summed E-state index contributed by atoms with van der Waals surface area (Å²) >= 11 is 0. The van der Waals surface area contributed by atoms with Gasteiger partial charge in [0.1, 0.15) is 5.82 Å². The second-order valence-corrected chi connectivity index (χ2v) is 5.54. The number of carbonyl (C=O) groups is 1. The molecule has 1 aromatic carbocycles. The zero-order valence-electron chi connectivity index (χ0n) is 11.7. The Morgan fingerprint density at radius 3 is 2.20 bits per heavy atom. The van der Waals surface area contributed by atoms with Crippen LogP contribution in [0.1, 0.15) is 36.8 Å². The molecular formula is C15H17N3O2. The molecule has 0 aliphatic rings. The lowest BCUT2D eigenvalue weighted by atomic mass is 9.87. The number of anilines is 2. The van der Waals surface area contributed by atoms with Gasteiger partial charge in [0.25, 0.3) is 0 Å². The highest BCUT2D eigenvalue weighted by atomic mass is 16.4. The first-order valence-electron chi connectivity index (χ1n) is 6.29. The number of carboxylic acids is 1. The van der Waals surface area contributed by atoms with Crippen LogP contribution in [0.25, 0.3) is 0 Å². The van der Waals surface area contributed by atoms with Gasteiger partial charge in [-0.2, -0.15) is 0 Å². The smallest absolute Gasteiger partial charge is 0.356 e. The van der Waals surface area contributed by atoms with Crippen molar-refractivity contribution in [3.05, 3.63) is 47.9 Å². The number of aromatic carboxylic acids is 1. The van der Waals surface area contributed by atoms with Crippen molar-refractivity contribution in [2.45, 2.75) is 26.2 Å². The Kier molecular flexibility index (Phi) is 3.70. The van der Waals surface area contributed by atoms with Crippen LogP contribution in [-0.4, -0.2) is 21.0 Å². The molecule has 0 amide bonds. The van der Waals surface area contributed by atoms with Crippen LogP contribution in [0.15, 0.2) is 36.7 Å². The second-order valence-electron chi connectivity index (χ2n) is 5.54. The predicted octanol–water partition coefficient (Wildman–Crippen LogP) is 3.22. The van der Waals surface area contributed by atoms with Crippen LogP contribution in [0.5, 0.6) is 0 Å². The van der Waals surface area contributed by atoms with Crippen LogP contribution in [0, 0.1) is 0 Å². The van der Waals surface area contributed by atoms with E-state index in [2.05, 4.69) is 48.2 Å².